The molecule has 32 heavy (non-hydrogen) atoms. The summed E-state index contributed by atoms with van der Waals surface area (Å²) in [7, 11) is 0. The minimum absolute atomic E-state index is 1.05. The van der Waals surface area contributed by atoms with Crippen LogP contribution in [-0.2, 0) is 6.54 Å². The molecule has 3 nitrogen and oxygen atoms in total. The van der Waals surface area contributed by atoms with E-state index in [4.69, 9.17) is 0 Å². The minimum atomic E-state index is 1.05. The van der Waals surface area contributed by atoms with Gasteiger partial charge in [0.15, 0.2) is 11.0 Å². The van der Waals surface area contributed by atoms with Crippen LogP contribution < -0.4 is 4.57 Å². The molecule has 0 fully saturated rings. The third-order valence-electron chi connectivity index (χ3n) is 6.94. The van der Waals surface area contributed by atoms with E-state index in [9.17, 15) is 0 Å². The van der Waals surface area contributed by atoms with Gasteiger partial charge in [0.1, 0.15) is 5.69 Å². The monoisotopic (exact) mass is 414 g/mol. The summed E-state index contributed by atoms with van der Waals surface area (Å²) in [5.41, 5.74) is 7.64. The Morgan fingerprint density at radius 2 is 1.41 bits per heavy atom. The van der Waals surface area contributed by atoms with Crippen molar-refractivity contribution in [3.05, 3.63) is 91.3 Å². The molecule has 3 heterocycles. The molecule has 0 amide bonds. The predicted molar refractivity (Wildman–Crippen MR) is 133 cm³/mol. The van der Waals surface area contributed by atoms with Crippen molar-refractivity contribution in [2.24, 2.45) is 0 Å². The highest BCUT2D eigenvalue weighted by Gasteiger charge is 2.20. The Morgan fingerprint density at radius 1 is 0.688 bits per heavy atom. The van der Waals surface area contributed by atoms with Crippen LogP contribution in [0.4, 0.5) is 0 Å². The third kappa shape index (κ3) is 2.28. The van der Waals surface area contributed by atoms with Gasteiger partial charge in [-0.25, -0.2) is 4.57 Å². The van der Waals surface area contributed by atoms with E-state index in [2.05, 4.69) is 112 Å². The van der Waals surface area contributed by atoms with Crippen LogP contribution in [0.15, 0.2) is 91.3 Å². The van der Waals surface area contributed by atoms with Gasteiger partial charge in [-0.15, -0.1) is 0 Å². The number of para-hydroxylation sites is 4. The van der Waals surface area contributed by atoms with E-state index in [0.29, 0.717) is 0 Å². The van der Waals surface area contributed by atoms with Gasteiger partial charge in [-0.2, -0.15) is 4.57 Å². The van der Waals surface area contributed by atoms with E-state index in [1.54, 1.807) is 0 Å². The molecular formula is C29H24N3+. The fourth-order valence-electron chi connectivity index (χ4n) is 5.46. The molecule has 0 N–H and O–H groups in total. The number of rotatable bonds is 4. The molecule has 0 bridgehead atoms. The van der Waals surface area contributed by atoms with Crippen LogP contribution in [0.3, 0.4) is 0 Å². The molecule has 7 rings (SSSR count). The van der Waals surface area contributed by atoms with Crippen LogP contribution in [0.1, 0.15) is 19.8 Å². The standard InChI is InChI=1S/C29H24N3/c1-2-3-17-30-19-31(28-14-7-6-13-27(28)30)20-15-16-26-24(18-20)23-11-8-10-22-21-9-4-5-12-25(21)32(26)29(22)23/h4-16,18-19H,2-3,17H2,1H3/q+1. The van der Waals surface area contributed by atoms with Gasteiger partial charge < -0.3 is 4.40 Å². The van der Waals surface area contributed by atoms with Crippen LogP contribution in [0, 0.1) is 0 Å². The molecule has 3 aromatic heterocycles. The maximum absolute atomic E-state index is 2.44. The molecule has 0 aliphatic heterocycles. The first kappa shape index (κ1) is 17.8. The van der Waals surface area contributed by atoms with Gasteiger partial charge in [0.25, 0.3) is 0 Å². The number of aryl methyl sites for hydroxylation is 1. The molecule has 0 aliphatic rings. The smallest absolute Gasteiger partial charge is 0.249 e. The number of hydrogen-bond donors (Lipinski definition) is 0. The Kier molecular flexibility index (Phi) is 3.65. The first-order valence-electron chi connectivity index (χ1n) is 11.5. The van der Waals surface area contributed by atoms with Crippen molar-refractivity contribution >= 4 is 49.1 Å². The number of aromatic nitrogens is 3. The molecular weight excluding hydrogens is 390 g/mol. The summed E-state index contributed by atoms with van der Waals surface area (Å²) >= 11 is 0. The lowest BCUT2D eigenvalue weighted by molar-refractivity contribution is -0.672. The summed E-state index contributed by atoms with van der Waals surface area (Å²) in [6, 6.07) is 31.1. The van der Waals surface area contributed by atoms with Gasteiger partial charge in [-0.3, -0.25) is 0 Å². The van der Waals surface area contributed by atoms with Crippen LogP contribution in [0.5, 0.6) is 0 Å². The number of imidazole rings is 1. The zero-order valence-corrected chi connectivity index (χ0v) is 18.1. The molecule has 0 aliphatic carbocycles. The molecule has 4 aromatic carbocycles. The number of hydrogen-bond acceptors (Lipinski definition) is 0. The summed E-state index contributed by atoms with van der Waals surface area (Å²) in [5, 5.41) is 5.30. The van der Waals surface area contributed by atoms with Crippen molar-refractivity contribution < 1.29 is 4.57 Å². The Morgan fingerprint density at radius 3 is 2.28 bits per heavy atom. The normalized spacial score (nSPS) is 12.3. The predicted octanol–water partition coefficient (Wildman–Crippen LogP) is 6.87. The van der Waals surface area contributed by atoms with Gasteiger partial charge in [-0.05, 0) is 42.8 Å². The van der Waals surface area contributed by atoms with Gasteiger partial charge in [0.2, 0.25) is 6.33 Å². The lowest BCUT2D eigenvalue weighted by Crippen LogP contribution is -2.31. The lowest BCUT2D eigenvalue weighted by Gasteiger charge is -2.01. The SMILES string of the molecule is CCCC[n+]1cn(-c2ccc3c(c2)c2cccc4c5ccccc5n3c42)c2ccccc21. The summed E-state index contributed by atoms with van der Waals surface area (Å²) in [4.78, 5) is 0. The van der Waals surface area contributed by atoms with Crippen LogP contribution >= 0.6 is 0 Å². The van der Waals surface area contributed by atoms with Crippen LogP contribution in [0.2, 0.25) is 0 Å². The number of nitrogens with zero attached hydrogens (tertiary/aromatic N) is 3. The average Bonchev–Trinajstić information content (AvgIpc) is 3.49. The van der Waals surface area contributed by atoms with E-state index in [1.165, 1.54) is 67.7 Å². The van der Waals surface area contributed by atoms with Crippen molar-refractivity contribution in [2.75, 3.05) is 0 Å². The van der Waals surface area contributed by atoms with Crippen molar-refractivity contribution in [3.8, 4) is 5.69 Å². The lowest BCUT2D eigenvalue weighted by atomic mass is 10.1. The molecule has 0 spiro atoms. The second-order valence-electron chi connectivity index (χ2n) is 8.78. The number of benzene rings is 4. The van der Waals surface area contributed by atoms with Gasteiger partial charge >= 0.3 is 0 Å². The maximum Gasteiger partial charge on any atom is 0.249 e. The van der Waals surface area contributed by atoms with Gasteiger partial charge in [0.05, 0.1) is 23.1 Å². The Hall–Kier alpha value is -3.85. The van der Waals surface area contributed by atoms with Crippen molar-refractivity contribution in [3.63, 3.8) is 0 Å². The zero-order chi connectivity index (χ0) is 21.2. The highest BCUT2D eigenvalue weighted by atomic mass is 15.1. The van der Waals surface area contributed by atoms with Gasteiger partial charge in [0, 0.05) is 21.5 Å². The van der Waals surface area contributed by atoms with Crippen molar-refractivity contribution in [1.82, 2.24) is 8.97 Å². The fraction of sp³-hybridized carbons (Fsp3) is 0.138. The minimum Gasteiger partial charge on any atom is -0.308 e. The van der Waals surface area contributed by atoms with E-state index in [-0.39, 0.29) is 0 Å². The number of unbranched alkanes of at least 4 members (excludes halogenated alkanes) is 1. The third-order valence-corrected chi connectivity index (χ3v) is 6.94. The van der Waals surface area contributed by atoms with E-state index < -0.39 is 0 Å². The average molecular weight is 415 g/mol. The Labute approximate surface area is 186 Å². The van der Waals surface area contributed by atoms with Gasteiger partial charge in [-0.1, -0.05) is 61.9 Å². The van der Waals surface area contributed by atoms with Crippen molar-refractivity contribution in [2.45, 2.75) is 26.3 Å². The molecule has 154 valence electrons. The topological polar surface area (TPSA) is 13.2 Å². The maximum atomic E-state index is 2.44. The van der Waals surface area contributed by atoms with Crippen LogP contribution in [-0.4, -0.2) is 8.97 Å². The first-order valence-corrected chi connectivity index (χ1v) is 11.5. The van der Waals surface area contributed by atoms with Crippen molar-refractivity contribution in [1.29, 1.82) is 0 Å². The molecule has 0 atom stereocenters. The number of fused-ring (bicyclic) bond motifs is 7. The second kappa shape index (κ2) is 6.57. The molecule has 0 saturated heterocycles. The highest BCUT2D eigenvalue weighted by Crippen LogP contribution is 2.39. The van der Waals surface area contributed by atoms with E-state index in [0.717, 1.165) is 6.54 Å². The quantitative estimate of drug-likeness (QED) is 0.279. The molecule has 0 saturated carbocycles. The first-order chi connectivity index (χ1) is 15.8. The molecule has 7 aromatic rings. The van der Waals surface area contributed by atoms with E-state index >= 15 is 0 Å². The largest absolute Gasteiger partial charge is 0.308 e. The summed E-state index contributed by atoms with van der Waals surface area (Å²) in [6.45, 7) is 3.30. The summed E-state index contributed by atoms with van der Waals surface area (Å²) in [5.74, 6) is 0. The Bertz CT molecular complexity index is 1770. The zero-order valence-electron chi connectivity index (χ0n) is 18.1. The van der Waals surface area contributed by atoms with Crippen LogP contribution in [0.25, 0.3) is 54.8 Å². The fourth-order valence-corrected chi connectivity index (χ4v) is 5.46. The summed E-state index contributed by atoms with van der Waals surface area (Å²) in [6.07, 6.45) is 4.66. The molecule has 0 unspecified atom stereocenters. The molecule has 0 radical (unpaired) electrons. The van der Waals surface area contributed by atoms with E-state index in [1.807, 2.05) is 0 Å². The summed E-state index contributed by atoms with van der Waals surface area (Å²) < 4.78 is 7.18. The highest BCUT2D eigenvalue weighted by molar-refractivity contribution is 6.23. The molecule has 3 heteroatoms. The second-order valence-corrected chi connectivity index (χ2v) is 8.78. The Balaban J connectivity index is 1.53.